The molecule has 0 aliphatic heterocycles. The van der Waals surface area contributed by atoms with Crippen molar-refractivity contribution in [2.45, 2.75) is 104 Å². The maximum absolute atomic E-state index is 11.7. The molecule has 0 aliphatic rings. The summed E-state index contributed by atoms with van der Waals surface area (Å²) in [5, 5.41) is 0. The van der Waals surface area contributed by atoms with Gasteiger partial charge in [-0.05, 0) is 31.8 Å². The summed E-state index contributed by atoms with van der Waals surface area (Å²) in [6.45, 7) is 4.45. The minimum Gasteiger partial charge on any atom is -0.295 e. The molecule has 0 spiro atoms. The molecule has 0 unspecified atom stereocenters. The number of hydrogen-bond donors (Lipinski definition) is 0. The average molecular weight is 305 g/mol. The summed E-state index contributed by atoms with van der Waals surface area (Å²) in [4.78, 5) is 11.7. The van der Waals surface area contributed by atoms with E-state index in [4.69, 9.17) is 0 Å². The van der Waals surface area contributed by atoms with Crippen LogP contribution < -0.4 is 0 Å². The van der Waals surface area contributed by atoms with Crippen molar-refractivity contribution >= 4 is 5.78 Å². The van der Waals surface area contributed by atoms with Crippen molar-refractivity contribution in [2.24, 2.45) is 0 Å². The summed E-state index contributed by atoms with van der Waals surface area (Å²) in [5.41, 5.74) is 0. The van der Waals surface area contributed by atoms with E-state index >= 15 is 0 Å². The lowest BCUT2D eigenvalue weighted by Gasteiger charge is -1.97. The normalized spacial score (nSPS) is 10.6. The first-order valence-electron chi connectivity index (χ1n) is 9.46. The zero-order valence-corrected chi connectivity index (χ0v) is 15.0. The topological polar surface area (TPSA) is 17.1 Å². The molecule has 1 nitrogen and oxygen atoms in total. The number of allylic oxidation sites excluding steroid dienone is 2. The lowest BCUT2D eigenvalue weighted by Crippen LogP contribution is -1.91. The fourth-order valence-corrected chi connectivity index (χ4v) is 2.33. The van der Waals surface area contributed by atoms with Gasteiger partial charge in [0, 0.05) is 19.3 Å². The van der Waals surface area contributed by atoms with Gasteiger partial charge in [0.2, 0.25) is 0 Å². The van der Waals surface area contributed by atoms with Gasteiger partial charge in [0.15, 0.2) is 5.78 Å². The molecule has 1 heteroatoms. The van der Waals surface area contributed by atoms with Gasteiger partial charge >= 0.3 is 0 Å². The number of carbonyl (C=O) groups excluding carboxylic acids is 1. The van der Waals surface area contributed by atoms with Crippen LogP contribution in [0.1, 0.15) is 104 Å². The largest absolute Gasteiger partial charge is 0.295 e. The van der Waals surface area contributed by atoms with Gasteiger partial charge < -0.3 is 0 Å². The Hall–Kier alpha value is -1.03. The van der Waals surface area contributed by atoms with E-state index in [-0.39, 0.29) is 5.78 Å². The van der Waals surface area contributed by atoms with Crippen LogP contribution >= 0.6 is 0 Å². The van der Waals surface area contributed by atoms with Crippen molar-refractivity contribution < 1.29 is 4.79 Å². The van der Waals surface area contributed by atoms with E-state index in [1.165, 1.54) is 57.8 Å². The maximum Gasteiger partial charge on any atom is 0.155 e. The second-order valence-electron chi connectivity index (χ2n) is 6.09. The van der Waals surface area contributed by atoms with E-state index in [1.807, 2.05) is 0 Å². The molecule has 0 heterocycles. The predicted octanol–water partition coefficient (Wildman–Crippen LogP) is 6.62. The van der Waals surface area contributed by atoms with Crippen LogP contribution in [-0.2, 0) is 4.79 Å². The van der Waals surface area contributed by atoms with Crippen LogP contribution in [0, 0.1) is 11.8 Å². The van der Waals surface area contributed by atoms with E-state index in [1.54, 1.807) is 6.08 Å². The first-order valence-corrected chi connectivity index (χ1v) is 9.46. The Bertz CT molecular complexity index is 330. The molecule has 22 heavy (non-hydrogen) atoms. The van der Waals surface area contributed by atoms with Gasteiger partial charge in [-0.15, -0.1) is 11.8 Å². The Labute approximate surface area is 139 Å². The molecule has 0 saturated heterocycles. The van der Waals surface area contributed by atoms with Gasteiger partial charge in [-0.25, -0.2) is 0 Å². The van der Waals surface area contributed by atoms with Crippen molar-refractivity contribution in [2.75, 3.05) is 0 Å². The average Bonchev–Trinajstić information content (AvgIpc) is 2.52. The van der Waals surface area contributed by atoms with Crippen molar-refractivity contribution in [3.63, 3.8) is 0 Å². The smallest absolute Gasteiger partial charge is 0.155 e. The summed E-state index contributed by atoms with van der Waals surface area (Å²) in [6, 6.07) is 0. The summed E-state index contributed by atoms with van der Waals surface area (Å²) in [7, 11) is 0. The van der Waals surface area contributed by atoms with Crippen molar-refractivity contribution in [1.82, 2.24) is 0 Å². The van der Waals surface area contributed by atoms with E-state index in [2.05, 4.69) is 31.8 Å². The molecule has 0 aromatic heterocycles. The molecule has 0 rings (SSSR count). The molecule has 126 valence electrons. The highest BCUT2D eigenvalue weighted by Gasteiger charge is 1.95. The fraction of sp³-hybridized carbons (Fsp3) is 0.762. The molecule has 0 radical (unpaired) electrons. The Balaban J connectivity index is 3.39. The Morgan fingerprint density at radius 3 is 2.09 bits per heavy atom. The molecule has 0 aromatic carbocycles. The molecule has 0 atom stereocenters. The van der Waals surface area contributed by atoms with Crippen LogP contribution in [0.3, 0.4) is 0 Å². The zero-order valence-electron chi connectivity index (χ0n) is 15.0. The van der Waals surface area contributed by atoms with Crippen LogP contribution in [0.5, 0.6) is 0 Å². The van der Waals surface area contributed by atoms with Gasteiger partial charge in [0.05, 0.1) is 0 Å². The minimum atomic E-state index is 0.263. The highest BCUT2D eigenvalue weighted by molar-refractivity contribution is 5.89. The molecular formula is C21H36O. The minimum absolute atomic E-state index is 0.263. The molecule has 0 bridgehead atoms. The molecule has 0 fully saturated rings. The van der Waals surface area contributed by atoms with Crippen molar-refractivity contribution in [1.29, 1.82) is 0 Å². The monoisotopic (exact) mass is 304 g/mol. The van der Waals surface area contributed by atoms with Crippen LogP contribution in [0.15, 0.2) is 12.2 Å². The summed E-state index contributed by atoms with van der Waals surface area (Å²) >= 11 is 0. The third-order valence-electron chi connectivity index (χ3n) is 3.78. The lowest BCUT2D eigenvalue weighted by atomic mass is 10.1. The molecule has 0 saturated carbocycles. The first-order chi connectivity index (χ1) is 10.8. The Morgan fingerprint density at radius 2 is 1.36 bits per heavy atom. The van der Waals surface area contributed by atoms with E-state index in [0.29, 0.717) is 6.42 Å². The standard InChI is InChI=1S/C21H36O/c1-3-5-7-9-11-13-15-17-19-21(22)20-18-16-14-12-10-8-6-4-2/h17,19H,3-11,13,15-16,18,20H2,1-2H3/b19-17+. The number of rotatable bonds is 14. The van der Waals surface area contributed by atoms with Gasteiger partial charge in [-0.3, -0.25) is 4.79 Å². The molecule has 0 aliphatic carbocycles. The van der Waals surface area contributed by atoms with Gasteiger partial charge in [0.25, 0.3) is 0 Å². The van der Waals surface area contributed by atoms with E-state index < -0.39 is 0 Å². The van der Waals surface area contributed by atoms with Crippen LogP contribution in [0.2, 0.25) is 0 Å². The third-order valence-corrected chi connectivity index (χ3v) is 3.78. The number of hydrogen-bond acceptors (Lipinski definition) is 1. The maximum atomic E-state index is 11.7. The van der Waals surface area contributed by atoms with Crippen molar-refractivity contribution in [3.8, 4) is 11.8 Å². The SMILES string of the molecule is CCCCCC#CCCCC(=O)/C=C/CCCCCCCC. The zero-order chi connectivity index (χ0) is 16.3. The molecular weight excluding hydrogens is 268 g/mol. The van der Waals surface area contributed by atoms with E-state index in [9.17, 15) is 4.79 Å². The second-order valence-corrected chi connectivity index (χ2v) is 6.09. The quantitative estimate of drug-likeness (QED) is 0.200. The van der Waals surface area contributed by atoms with Gasteiger partial charge in [-0.2, -0.15) is 0 Å². The first kappa shape index (κ1) is 21.0. The number of unbranched alkanes of at least 4 members (excludes halogenated alkanes) is 10. The van der Waals surface area contributed by atoms with Crippen LogP contribution in [-0.4, -0.2) is 5.78 Å². The number of carbonyl (C=O) groups is 1. The highest BCUT2D eigenvalue weighted by Crippen LogP contribution is 2.07. The fourth-order valence-electron chi connectivity index (χ4n) is 2.33. The molecule has 0 N–H and O–H groups in total. The summed E-state index contributed by atoms with van der Waals surface area (Å²) < 4.78 is 0. The second kappa shape index (κ2) is 18.0. The third kappa shape index (κ3) is 17.0. The van der Waals surface area contributed by atoms with E-state index in [0.717, 1.165) is 25.7 Å². The molecule has 0 aromatic rings. The van der Waals surface area contributed by atoms with Gasteiger partial charge in [-0.1, -0.05) is 64.9 Å². The Kier molecular flexibility index (Phi) is 17.2. The number of ketones is 1. The van der Waals surface area contributed by atoms with Crippen LogP contribution in [0.4, 0.5) is 0 Å². The summed E-state index contributed by atoms with van der Waals surface area (Å²) in [6.07, 6.45) is 19.9. The van der Waals surface area contributed by atoms with Crippen LogP contribution in [0.25, 0.3) is 0 Å². The predicted molar refractivity (Wildman–Crippen MR) is 97.9 cm³/mol. The molecule has 0 amide bonds. The highest BCUT2D eigenvalue weighted by atomic mass is 16.1. The lowest BCUT2D eigenvalue weighted by molar-refractivity contribution is -0.114. The summed E-state index contributed by atoms with van der Waals surface area (Å²) in [5.74, 6) is 6.63. The Morgan fingerprint density at radius 1 is 0.773 bits per heavy atom. The van der Waals surface area contributed by atoms with Gasteiger partial charge in [0.1, 0.15) is 0 Å². The van der Waals surface area contributed by atoms with Crippen molar-refractivity contribution in [3.05, 3.63) is 12.2 Å².